The van der Waals surface area contributed by atoms with Gasteiger partial charge in [-0.3, -0.25) is 9.59 Å². The topological polar surface area (TPSA) is 113 Å². The molecule has 2 heterocycles. The summed E-state index contributed by atoms with van der Waals surface area (Å²) in [7, 11) is 0. The van der Waals surface area contributed by atoms with Gasteiger partial charge in [-0.1, -0.05) is 26.0 Å². The van der Waals surface area contributed by atoms with Gasteiger partial charge in [0.2, 0.25) is 0 Å². The van der Waals surface area contributed by atoms with E-state index in [0.717, 1.165) is 11.1 Å². The van der Waals surface area contributed by atoms with Crippen molar-refractivity contribution < 1.29 is 34.4 Å². The molecule has 15 atom stereocenters. The van der Waals surface area contributed by atoms with Crippen LogP contribution in [0, 0.1) is 58.7 Å². The maximum atomic E-state index is 13.0. The van der Waals surface area contributed by atoms with E-state index in [2.05, 4.69) is 13.5 Å². The third kappa shape index (κ3) is 2.56. The molecule has 7 heteroatoms. The van der Waals surface area contributed by atoms with Crippen molar-refractivity contribution in [2.75, 3.05) is 0 Å². The molecule has 37 heavy (non-hydrogen) atoms. The molecule has 4 saturated carbocycles. The van der Waals surface area contributed by atoms with Gasteiger partial charge in [-0.2, -0.15) is 0 Å². The summed E-state index contributed by atoms with van der Waals surface area (Å²) < 4.78 is 12.3. The first-order valence-corrected chi connectivity index (χ1v) is 14.2. The molecule has 7 aliphatic rings. The van der Waals surface area contributed by atoms with Gasteiger partial charge in [0.25, 0.3) is 0 Å². The third-order valence-corrected chi connectivity index (χ3v) is 12.5. The molecule has 2 bridgehead atoms. The van der Waals surface area contributed by atoms with E-state index in [1.165, 1.54) is 0 Å². The quantitative estimate of drug-likeness (QED) is 0.338. The maximum Gasteiger partial charge on any atom is 0.309 e. The molecule has 0 aromatic heterocycles. The van der Waals surface area contributed by atoms with E-state index < -0.39 is 28.8 Å². The molecule has 7 rings (SSSR count). The number of rotatable bonds is 0. The van der Waals surface area contributed by atoms with Gasteiger partial charge in [-0.15, -0.1) is 0 Å². The molecule has 0 unspecified atom stereocenters. The minimum Gasteiger partial charge on any atom is -0.461 e. The Bertz CT molecular complexity index is 1150. The number of fused-ring (bicyclic) bond motifs is 7. The van der Waals surface area contributed by atoms with Gasteiger partial charge in [0, 0.05) is 29.1 Å². The minimum atomic E-state index is -1.08. The lowest BCUT2D eigenvalue weighted by atomic mass is 9.57. The molecule has 202 valence electrons. The fourth-order valence-corrected chi connectivity index (χ4v) is 11.2. The van der Waals surface area contributed by atoms with Crippen molar-refractivity contribution in [3.63, 3.8) is 0 Å². The van der Waals surface area contributed by atoms with Crippen molar-refractivity contribution in [3.8, 4) is 0 Å². The highest BCUT2D eigenvalue weighted by Gasteiger charge is 2.82. The molecule has 0 aromatic carbocycles. The Labute approximate surface area is 218 Å². The fraction of sp³-hybridized carbons (Fsp3) is 0.800. The number of hydrogen-bond acceptors (Lipinski definition) is 7. The predicted octanol–water partition coefficient (Wildman–Crippen LogP) is 2.77. The highest BCUT2D eigenvalue weighted by Crippen LogP contribution is 2.79. The van der Waals surface area contributed by atoms with Gasteiger partial charge < -0.3 is 24.8 Å². The molecular formula is C30H40O7. The zero-order chi connectivity index (χ0) is 26.6. The van der Waals surface area contributed by atoms with Crippen LogP contribution >= 0.6 is 0 Å². The molecule has 2 aliphatic heterocycles. The zero-order valence-corrected chi connectivity index (χ0v) is 22.4. The summed E-state index contributed by atoms with van der Waals surface area (Å²) in [5, 5.41) is 35.9. The van der Waals surface area contributed by atoms with E-state index in [1.54, 1.807) is 0 Å². The third-order valence-electron chi connectivity index (χ3n) is 12.5. The molecule has 7 nitrogen and oxygen atoms in total. The number of aliphatic hydroxyl groups excluding tert-OH is 1. The van der Waals surface area contributed by atoms with Gasteiger partial charge in [-0.25, -0.2) is 0 Å². The van der Waals surface area contributed by atoms with Crippen LogP contribution in [0.15, 0.2) is 23.3 Å². The number of allylic oxidation sites excluding steroid dienone is 1. The lowest BCUT2D eigenvalue weighted by Gasteiger charge is -2.48. The van der Waals surface area contributed by atoms with Crippen molar-refractivity contribution >= 4 is 11.9 Å². The summed E-state index contributed by atoms with van der Waals surface area (Å²) in [5.74, 6) is -2.33. The van der Waals surface area contributed by atoms with Gasteiger partial charge in [-0.05, 0) is 75.4 Å². The van der Waals surface area contributed by atoms with Crippen molar-refractivity contribution in [1.29, 1.82) is 0 Å². The number of aliphatic hydroxyl groups is 3. The largest absolute Gasteiger partial charge is 0.461 e. The average Bonchev–Trinajstić information content (AvgIpc) is 3.50. The van der Waals surface area contributed by atoms with E-state index >= 15 is 0 Å². The molecule has 0 amide bonds. The van der Waals surface area contributed by atoms with Gasteiger partial charge in [0.15, 0.2) is 0 Å². The fourth-order valence-electron chi connectivity index (χ4n) is 11.2. The first-order chi connectivity index (χ1) is 17.3. The van der Waals surface area contributed by atoms with E-state index in [0.29, 0.717) is 31.3 Å². The summed E-state index contributed by atoms with van der Waals surface area (Å²) in [6.45, 7) is 14.1. The maximum absolute atomic E-state index is 13.0. The highest BCUT2D eigenvalue weighted by molar-refractivity contribution is 5.76. The molecule has 0 spiro atoms. The number of hydrogen-bond donors (Lipinski definition) is 3. The summed E-state index contributed by atoms with van der Waals surface area (Å²) in [6.07, 6.45) is 0.689. The van der Waals surface area contributed by atoms with Gasteiger partial charge >= 0.3 is 11.9 Å². The van der Waals surface area contributed by atoms with Gasteiger partial charge in [0.05, 0.1) is 29.1 Å². The van der Waals surface area contributed by atoms with Crippen molar-refractivity contribution in [2.24, 2.45) is 58.7 Å². The monoisotopic (exact) mass is 512 g/mol. The lowest BCUT2D eigenvalue weighted by molar-refractivity contribution is -0.152. The molecule has 6 fully saturated rings. The molecule has 0 radical (unpaired) electrons. The van der Waals surface area contributed by atoms with Crippen LogP contribution in [0.1, 0.15) is 60.3 Å². The first-order valence-electron chi connectivity index (χ1n) is 14.2. The van der Waals surface area contributed by atoms with Crippen LogP contribution < -0.4 is 0 Å². The Morgan fingerprint density at radius 1 is 0.892 bits per heavy atom. The smallest absolute Gasteiger partial charge is 0.309 e. The molecule has 0 aromatic rings. The van der Waals surface area contributed by atoms with E-state index in [1.807, 2.05) is 27.7 Å². The Morgan fingerprint density at radius 3 is 2.19 bits per heavy atom. The van der Waals surface area contributed by atoms with Crippen molar-refractivity contribution in [2.45, 2.75) is 89.8 Å². The number of ether oxygens (including phenoxy) is 2. The van der Waals surface area contributed by atoms with Crippen LogP contribution in [-0.2, 0) is 19.1 Å². The summed E-state index contributed by atoms with van der Waals surface area (Å²) in [5.41, 5.74) is -0.238. The van der Waals surface area contributed by atoms with Crippen molar-refractivity contribution in [3.05, 3.63) is 23.3 Å². The van der Waals surface area contributed by atoms with Crippen LogP contribution in [-0.4, -0.2) is 56.8 Å². The molecule has 3 N–H and O–H groups in total. The number of carbonyl (C=O) groups is 2. The molecule has 5 aliphatic carbocycles. The molecule has 2 saturated heterocycles. The predicted molar refractivity (Wildman–Crippen MR) is 133 cm³/mol. The Hall–Kier alpha value is -1.70. The minimum absolute atomic E-state index is 0.00106. The standard InChI is InChI=1S/C30H40O7/c1-11-15-7-9-28(5,34)21-17(23(15)36-26(11)32)13(3)20-18(21)19-22(31)14(4)30(20)24(19)29(6,35)10-8-16-12(2)27(33)37-25(16)30/h11-12,15-16,18-25,31,34-35H,4,7-10H2,1-3,5-6H3/t11-,12-,15-,16-,18+,19+,20+,21+,22-,23+,24+,25-,28-,29+,30-/m0/s1. The lowest BCUT2D eigenvalue weighted by Crippen LogP contribution is -2.51. The number of carbonyl (C=O) groups excluding carboxylic acids is 2. The Morgan fingerprint density at radius 2 is 1.49 bits per heavy atom. The van der Waals surface area contributed by atoms with Crippen LogP contribution in [0.4, 0.5) is 0 Å². The summed E-state index contributed by atoms with van der Waals surface area (Å²) >= 11 is 0. The van der Waals surface area contributed by atoms with E-state index in [4.69, 9.17) is 9.47 Å². The van der Waals surface area contributed by atoms with Gasteiger partial charge in [0.1, 0.15) is 12.2 Å². The Kier molecular flexibility index (Phi) is 4.66. The van der Waals surface area contributed by atoms with Crippen LogP contribution in [0.25, 0.3) is 0 Å². The normalized spacial score (nSPS) is 59.7. The van der Waals surface area contributed by atoms with Crippen LogP contribution in [0.3, 0.4) is 0 Å². The summed E-state index contributed by atoms with van der Waals surface area (Å²) in [6, 6.07) is 0. The second-order valence-corrected chi connectivity index (χ2v) is 14.0. The number of esters is 2. The van der Waals surface area contributed by atoms with Crippen LogP contribution in [0.5, 0.6) is 0 Å². The van der Waals surface area contributed by atoms with Crippen LogP contribution in [0.2, 0.25) is 0 Å². The first kappa shape index (κ1) is 24.3. The second kappa shape index (κ2) is 7.08. The SMILES string of the molecule is C=C1[C@H](O)[C@H]2[C@@H]3[C@@H](C(C)=C4[C@H]3[C@@](C)(O)CC[C@H]3[C@H](C)C(=O)O[C@@H]43)[C@@]13[C@H]1OC(=O)[C@@H](C)[C@@H]1CC[C@@](C)(O)[C@@H]23. The Balaban J connectivity index is 1.49. The second-order valence-electron chi connectivity index (χ2n) is 14.0. The van der Waals surface area contributed by atoms with Crippen molar-refractivity contribution in [1.82, 2.24) is 0 Å². The van der Waals surface area contributed by atoms with E-state index in [9.17, 15) is 24.9 Å². The van der Waals surface area contributed by atoms with E-state index in [-0.39, 0.29) is 71.3 Å². The average molecular weight is 513 g/mol. The highest BCUT2D eigenvalue weighted by atomic mass is 16.6. The zero-order valence-electron chi connectivity index (χ0n) is 22.4. The molecular weight excluding hydrogens is 472 g/mol. The summed E-state index contributed by atoms with van der Waals surface area (Å²) in [4.78, 5) is 25.7.